The van der Waals surface area contributed by atoms with Crippen molar-refractivity contribution in [1.29, 1.82) is 0 Å². The number of carbonyl (C=O) groups is 1. The summed E-state index contributed by atoms with van der Waals surface area (Å²) < 4.78 is 10.4. The number of rotatable bonds is 14. The third-order valence-electron chi connectivity index (χ3n) is 3.53. The van der Waals surface area contributed by atoms with E-state index in [4.69, 9.17) is 9.47 Å². The fraction of sp³-hybridized carbons (Fsp3) is 0.941. The predicted octanol–water partition coefficient (Wildman–Crippen LogP) is 4.88. The zero-order valence-corrected chi connectivity index (χ0v) is 13.8. The third kappa shape index (κ3) is 13.9. The van der Waals surface area contributed by atoms with Crippen molar-refractivity contribution < 1.29 is 14.3 Å². The molecule has 0 aliphatic heterocycles. The maximum atomic E-state index is 11.6. The first-order valence-corrected chi connectivity index (χ1v) is 8.39. The Balaban J connectivity index is 3.34. The highest BCUT2D eigenvalue weighted by atomic mass is 16.5. The summed E-state index contributed by atoms with van der Waals surface area (Å²) >= 11 is 0. The van der Waals surface area contributed by atoms with Gasteiger partial charge in [-0.15, -0.1) is 0 Å². The zero-order chi connectivity index (χ0) is 15.1. The van der Waals surface area contributed by atoms with Gasteiger partial charge in [0.25, 0.3) is 0 Å². The molecule has 0 saturated carbocycles. The molecule has 0 bridgehead atoms. The first-order chi connectivity index (χ1) is 9.70. The van der Waals surface area contributed by atoms with Crippen LogP contribution in [0.25, 0.3) is 0 Å². The molecule has 0 heterocycles. The van der Waals surface area contributed by atoms with Crippen molar-refractivity contribution in [1.82, 2.24) is 0 Å². The van der Waals surface area contributed by atoms with Gasteiger partial charge < -0.3 is 9.47 Å². The first-order valence-electron chi connectivity index (χ1n) is 8.39. The van der Waals surface area contributed by atoms with Crippen molar-refractivity contribution >= 4 is 5.97 Å². The fourth-order valence-corrected chi connectivity index (χ4v) is 2.25. The number of esters is 1. The minimum absolute atomic E-state index is 0.0233. The number of hydrogen-bond acceptors (Lipinski definition) is 3. The molecular formula is C17H34O3. The van der Waals surface area contributed by atoms with Gasteiger partial charge in [0.2, 0.25) is 0 Å². The molecule has 0 fully saturated rings. The molecule has 0 aromatic carbocycles. The summed E-state index contributed by atoms with van der Waals surface area (Å²) in [5.74, 6) is -0.0233. The minimum atomic E-state index is -0.0233. The van der Waals surface area contributed by atoms with Gasteiger partial charge in [-0.3, -0.25) is 4.79 Å². The summed E-state index contributed by atoms with van der Waals surface area (Å²) in [7, 11) is 1.74. The van der Waals surface area contributed by atoms with Crippen LogP contribution in [0.3, 0.4) is 0 Å². The molecule has 20 heavy (non-hydrogen) atoms. The van der Waals surface area contributed by atoms with E-state index in [0.29, 0.717) is 6.42 Å². The Morgan fingerprint density at radius 1 is 0.950 bits per heavy atom. The first kappa shape index (κ1) is 19.4. The smallest absolute Gasteiger partial charge is 0.306 e. The number of ether oxygens (including phenoxy) is 2. The summed E-state index contributed by atoms with van der Waals surface area (Å²) in [5.41, 5.74) is 0. The Kier molecular flexibility index (Phi) is 14.4. The molecule has 0 aliphatic carbocycles. The van der Waals surface area contributed by atoms with E-state index >= 15 is 0 Å². The molecule has 0 saturated heterocycles. The lowest BCUT2D eigenvalue weighted by Gasteiger charge is -2.13. The van der Waals surface area contributed by atoms with Crippen molar-refractivity contribution in [3.8, 4) is 0 Å². The van der Waals surface area contributed by atoms with Crippen LogP contribution >= 0.6 is 0 Å². The Morgan fingerprint density at radius 3 is 2.30 bits per heavy atom. The lowest BCUT2D eigenvalue weighted by atomic mass is 10.1. The molecule has 0 radical (unpaired) electrons. The molecule has 0 aromatic rings. The molecule has 0 amide bonds. The molecule has 3 nitrogen and oxygen atoms in total. The van der Waals surface area contributed by atoms with Gasteiger partial charge in [0.05, 0.1) is 6.10 Å². The normalized spacial score (nSPS) is 12.3. The van der Waals surface area contributed by atoms with Crippen LogP contribution < -0.4 is 0 Å². The van der Waals surface area contributed by atoms with Gasteiger partial charge in [-0.2, -0.15) is 0 Å². The largest absolute Gasteiger partial charge is 0.463 e. The van der Waals surface area contributed by atoms with Crippen LogP contribution in [-0.2, 0) is 14.3 Å². The molecule has 1 unspecified atom stereocenters. The Hall–Kier alpha value is -0.570. The number of methoxy groups -OCH3 is 1. The third-order valence-corrected chi connectivity index (χ3v) is 3.53. The highest BCUT2D eigenvalue weighted by Crippen LogP contribution is 2.11. The van der Waals surface area contributed by atoms with Crippen LogP contribution in [0.4, 0.5) is 0 Å². The average Bonchev–Trinajstić information content (AvgIpc) is 2.42. The van der Waals surface area contributed by atoms with E-state index in [1.165, 1.54) is 38.5 Å². The van der Waals surface area contributed by atoms with E-state index in [0.717, 1.165) is 32.3 Å². The molecule has 1 atom stereocenters. The van der Waals surface area contributed by atoms with Crippen molar-refractivity contribution in [2.75, 3.05) is 13.7 Å². The highest BCUT2D eigenvalue weighted by molar-refractivity contribution is 5.69. The van der Waals surface area contributed by atoms with Crippen LogP contribution in [0.5, 0.6) is 0 Å². The predicted molar refractivity (Wildman–Crippen MR) is 83.9 cm³/mol. The molecular weight excluding hydrogens is 252 g/mol. The van der Waals surface area contributed by atoms with E-state index in [9.17, 15) is 4.79 Å². The van der Waals surface area contributed by atoms with Gasteiger partial charge >= 0.3 is 5.97 Å². The second-order valence-electron chi connectivity index (χ2n) is 5.66. The van der Waals surface area contributed by atoms with E-state index in [-0.39, 0.29) is 12.1 Å². The molecule has 3 heteroatoms. The van der Waals surface area contributed by atoms with Crippen molar-refractivity contribution in [2.45, 2.75) is 90.6 Å². The van der Waals surface area contributed by atoms with Crippen LogP contribution in [-0.4, -0.2) is 25.8 Å². The topological polar surface area (TPSA) is 35.5 Å². The Morgan fingerprint density at radius 2 is 1.60 bits per heavy atom. The van der Waals surface area contributed by atoms with Gasteiger partial charge in [0, 0.05) is 20.1 Å². The molecule has 0 N–H and O–H groups in total. The zero-order valence-electron chi connectivity index (χ0n) is 13.8. The van der Waals surface area contributed by atoms with Crippen LogP contribution in [0.2, 0.25) is 0 Å². The maximum absolute atomic E-state index is 11.6. The van der Waals surface area contributed by atoms with E-state index in [2.05, 4.69) is 6.92 Å². The van der Waals surface area contributed by atoms with Gasteiger partial charge in [-0.25, -0.2) is 0 Å². The van der Waals surface area contributed by atoms with Crippen LogP contribution in [0.15, 0.2) is 0 Å². The monoisotopic (exact) mass is 286 g/mol. The van der Waals surface area contributed by atoms with Crippen molar-refractivity contribution in [2.24, 2.45) is 0 Å². The summed E-state index contributed by atoms with van der Waals surface area (Å²) in [4.78, 5) is 11.6. The summed E-state index contributed by atoms with van der Waals surface area (Å²) in [5, 5.41) is 0. The van der Waals surface area contributed by atoms with Crippen LogP contribution in [0.1, 0.15) is 84.5 Å². The standard InChI is InChI=1S/C17H34O3/c1-4-5-6-10-13-16(2)20-17(18)14-11-8-7-9-12-15-19-3/h16H,4-15H2,1-3H3. The molecule has 0 aromatic heterocycles. The average molecular weight is 286 g/mol. The molecule has 120 valence electrons. The van der Waals surface area contributed by atoms with Gasteiger partial charge in [-0.05, 0) is 32.6 Å². The minimum Gasteiger partial charge on any atom is -0.463 e. The lowest BCUT2D eigenvalue weighted by molar-refractivity contribution is -0.148. The van der Waals surface area contributed by atoms with E-state index < -0.39 is 0 Å². The number of carbonyl (C=O) groups excluding carboxylic acids is 1. The summed E-state index contributed by atoms with van der Waals surface area (Å²) in [6, 6.07) is 0. The SMILES string of the molecule is CCCCCCC(C)OC(=O)CCCCCCCOC. The summed E-state index contributed by atoms with van der Waals surface area (Å²) in [6.07, 6.45) is 12.2. The van der Waals surface area contributed by atoms with E-state index in [1.807, 2.05) is 6.92 Å². The number of hydrogen-bond donors (Lipinski definition) is 0. The summed E-state index contributed by atoms with van der Waals surface area (Å²) in [6.45, 7) is 5.06. The second-order valence-corrected chi connectivity index (χ2v) is 5.66. The van der Waals surface area contributed by atoms with Crippen LogP contribution in [0, 0.1) is 0 Å². The Labute approximate surface area is 125 Å². The van der Waals surface area contributed by atoms with Gasteiger partial charge in [0.1, 0.15) is 0 Å². The highest BCUT2D eigenvalue weighted by Gasteiger charge is 2.08. The van der Waals surface area contributed by atoms with Crippen molar-refractivity contribution in [3.63, 3.8) is 0 Å². The maximum Gasteiger partial charge on any atom is 0.306 e. The van der Waals surface area contributed by atoms with Gasteiger partial charge in [0.15, 0.2) is 0 Å². The quantitative estimate of drug-likeness (QED) is 0.337. The molecule has 0 spiro atoms. The second kappa shape index (κ2) is 14.8. The lowest BCUT2D eigenvalue weighted by Crippen LogP contribution is -2.14. The van der Waals surface area contributed by atoms with Crippen molar-refractivity contribution in [3.05, 3.63) is 0 Å². The molecule has 0 aliphatic rings. The van der Waals surface area contributed by atoms with Gasteiger partial charge in [-0.1, -0.05) is 45.4 Å². The van der Waals surface area contributed by atoms with E-state index in [1.54, 1.807) is 7.11 Å². The number of unbranched alkanes of at least 4 members (excludes halogenated alkanes) is 7. The fourth-order valence-electron chi connectivity index (χ4n) is 2.25. The molecule has 0 rings (SSSR count). The Bertz CT molecular complexity index is 216.